The number of carbonyl (C=O) groups excluding carboxylic acids is 1. The first-order chi connectivity index (χ1) is 11.1. The minimum Gasteiger partial charge on any atom is -0.504 e. The quantitative estimate of drug-likeness (QED) is 0.547. The van der Waals surface area contributed by atoms with E-state index in [1.165, 1.54) is 7.11 Å². The molecule has 1 rings (SSSR count). The summed E-state index contributed by atoms with van der Waals surface area (Å²) in [4.78, 5) is 11.8. The van der Waals surface area contributed by atoms with Crippen LogP contribution in [0.25, 0.3) is 0 Å². The number of aliphatic hydroxyl groups is 1. The fraction of sp³-hybridized carbons (Fsp3) is 0.611. The Morgan fingerprint density at radius 2 is 2.00 bits per heavy atom. The Labute approximate surface area is 138 Å². The predicted molar refractivity (Wildman–Crippen MR) is 90.5 cm³/mol. The number of unbranched alkanes of at least 4 members (excludes halogenated alkanes) is 3. The maximum absolute atomic E-state index is 11.8. The van der Waals surface area contributed by atoms with Gasteiger partial charge in [-0.25, -0.2) is 0 Å². The zero-order valence-electron chi connectivity index (χ0n) is 14.2. The lowest BCUT2D eigenvalue weighted by Crippen LogP contribution is -2.22. The minimum atomic E-state index is 0.0424. The molecule has 0 fully saturated rings. The molecule has 1 atom stereocenters. The van der Waals surface area contributed by atoms with Crippen LogP contribution in [0.4, 0.5) is 0 Å². The number of aliphatic hydroxyl groups excluding tert-OH is 1. The van der Waals surface area contributed by atoms with E-state index < -0.39 is 0 Å². The van der Waals surface area contributed by atoms with Gasteiger partial charge >= 0.3 is 0 Å². The molecular weight excluding hydrogens is 294 g/mol. The third-order valence-electron chi connectivity index (χ3n) is 3.90. The van der Waals surface area contributed by atoms with E-state index in [9.17, 15) is 9.90 Å². The molecule has 0 aromatic heterocycles. The van der Waals surface area contributed by atoms with E-state index in [-0.39, 0.29) is 18.3 Å². The monoisotopic (exact) mass is 323 g/mol. The van der Waals surface area contributed by atoms with Crippen LogP contribution in [0.15, 0.2) is 18.2 Å². The lowest BCUT2D eigenvalue weighted by atomic mass is 10.0. The largest absolute Gasteiger partial charge is 0.504 e. The Kier molecular flexibility index (Phi) is 9.14. The highest BCUT2D eigenvalue weighted by Crippen LogP contribution is 2.26. The predicted octanol–water partition coefficient (Wildman–Crippen LogP) is 2.99. The second kappa shape index (κ2) is 10.9. The molecule has 130 valence electrons. The van der Waals surface area contributed by atoms with Crippen molar-refractivity contribution in [2.45, 2.75) is 52.0 Å². The van der Waals surface area contributed by atoms with Crippen LogP contribution in [0, 0.1) is 5.92 Å². The second-order valence-electron chi connectivity index (χ2n) is 6.02. The molecule has 5 heteroatoms. The number of hydrogen-bond acceptors (Lipinski definition) is 4. The zero-order valence-corrected chi connectivity index (χ0v) is 14.2. The van der Waals surface area contributed by atoms with Crippen LogP contribution in [0.3, 0.4) is 0 Å². The number of aromatic hydroxyl groups is 1. The van der Waals surface area contributed by atoms with Gasteiger partial charge < -0.3 is 20.3 Å². The van der Waals surface area contributed by atoms with E-state index in [4.69, 9.17) is 9.84 Å². The Morgan fingerprint density at radius 1 is 1.26 bits per heavy atom. The zero-order chi connectivity index (χ0) is 17.1. The number of benzene rings is 1. The summed E-state index contributed by atoms with van der Waals surface area (Å²) in [5, 5.41) is 21.3. The number of hydrogen-bond donors (Lipinski definition) is 3. The SMILES string of the molecule is COc1cc(CNC(=O)CCCCCCC(C)CO)ccc1O. The summed E-state index contributed by atoms with van der Waals surface area (Å²) in [7, 11) is 1.50. The second-order valence-corrected chi connectivity index (χ2v) is 6.02. The topological polar surface area (TPSA) is 78.8 Å². The van der Waals surface area contributed by atoms with Crippen LogP contribution in [0.5, 0.6) is 11.5 Å². The maximum Gasteiger partial charge on any atom is 0.220 e. The van der Waals surface area contributed by atoms with Crippen LogP contribution < -0.4 is 10.1 Å². The van der Waals surface area contributed by atoms with Crippen molar-refractivity contribution in [3.63, 3.8) is 0 Å². The number of carbonyl (C=O) groups is 1. The molecule has 0 saturated carbocycles. The van der Waals surface area contributed by atoms with E-state index in [1.807, 2.05) is 6.92 Å². The molecule has 0 radical (unpaired) electrons. The average molecular weight is 323 g/mol. The van der Waals surface area contributed by atoms with Gasteiger partial charge in [-0.1, -0.05) is 32.3 Å². The summed E-state index contributed by atoms with van der Waals surface area (Å²) in [6.45, 7) is 2.74. The molecule has 1 amide bonds. The average Bonchev–Trinajstić information content (AvgIpc) is 2.56. The number of phenols is 1. The van der Waals surface area contributed by atoms with E-state index in [2.05, 4.69) is 5.32 Å². The first-order valence-corrected chi connectivity index (χ1v) is 8.30. The molecule has 0 saturated heterocycles. The molecule has 0 heterocycles. The van der Waals surface area contributed by atoms with Crippen molar-refractivity contribution < 1.29 is 19.7 Å². The number of amides is 1. The molecule has 0 aliphatic carbocycles. The van der Waals surface area contributed by atoms with Gasteiger partial charge in [0.25, 0.3) is 0 Å². The van der Waals surface area contributed by atoms with E-state index in [0.717, 1.165) is 37.7 Å². The standard InChI is InChI=1S/C18H29NO4/c1-14(13-20)7-5-3-4-6-8-18(22)19-12-15-9-10-16(21)17(11-15)23-2/h9-11,14,20-21H,3-8,12-13H2,1-2H3,(H,19,22). The summed E-state index contributed by atoms with van der Waals surface area (Å²) in [5.41, 5.74) is 0.894. The fourth-order valence-electron chi connectivity index (χ4n) is 2.34. The van der Waals surface area contributed by atoms with E-state index in [1.54, 1.807) is 18.2 Å². The van der Waals surface area contributed by atoms with Gasteiger partial charge in [-0.2, -0.15) is 0 Å². The Bertz CT molecular complexity index is 476. The van der Waals surface area contributed by atoms with Crippen molar-refractivity contribution in [3.8, 4) is 11.5 Å². The molecule has 3 N–H and O–H groups in total. The van der Waals surface area contributed by atoms with Crippen molar-refractivity contribution >= 4 is 5.91 Å². The first-order valence-electron chi connectivity index (χ1n) is 8.30. The van der Waals surface area contributed by atoms with Crippen molar-refractivity contribution in [2.24, 2.45) is 5.92 Å². The summed E-state index contributed by atoms with van der Waals surface area (Å²) >= 11 is 0. The number of methoxy groups -OCH3 is 1. The molecule has 0 aliphatic heterocycles. The van der Waals surface area contributed by atoms with Gasteiger partial charge in [0, 0.05) is 19.6 Å². The molecular formula is C18H29NO4. The van der Waals surface area contributed by atoms with Crippen LogP contribution in [0.2, 0.25) is 0 Å². The lowest BCUT2D eigenvalue weighted by Gasteiger charge is -2.09. The molecule has 1 unspecified atom stereocenters. The Balaban J connectivity index is 2.15. The first kappa shape index (κ1) is 19.3. The molecule has 0 aliphatic rings. The van der Waals surface area contributed by atoms with Gasteiger partial charge in [0.05, 0.1) is 7.11 Å². The van der Waals surface area contributed by atoms with Crippen LogP contribution in [-0.2, 0) is 11.3 Å². The highest BCUT2D eigenvalue weighted by molar-refractivity contribution is 5.75. The molecule has 1 aromatic carbocycles. The van der Waals surface area contributed by atoms with E-state index >= 15 is 0 Å². The molecule has 0 bridgehead atoms. The number of phenolic OH excluding ortho intramolecular Hbond substituents is 1. The minimum absolute atomic E-state index is 0.0424. The number of ether oxygens (including phenoxy) is 1. The van der Waals surface area contributed by atoms with Crippen molar-refractivity contribution in [1.82, 2.24) is 5.32 Å². The summed E-state index contributed by atoms with van der Waals surface area (Å²) < 4.78 is 5.04. The van der Waals surface area contributed by atoms with Crippen LogP contribution in [0.1, 0.15) is 51.0 Å². The Morgan fingerprint density at radius 3 is 2.70 bits per heavy atom. The van der Waals surface area contributed by atoms with Gasteiger partial charge in [-0.05, 0) is 36.5 Å². The Hall–Kier alpha value is -1.75. The van der Waals surface area contributed by atoms with Gasteiger partial charge in [-0.3, -0.25) is 4.79 Å². The van der Waals surface area contributed by atoms with Crippen molar-refractivity contribution in [3.05, 3.63) is 23.8 Å². The summed E-state index contributed by atoms with van der Waals surface area (Å²) in [6, 6.07) is 5.05. The van der Waals surface area contributed by atoms with Crippen molar-refractivity contribution in [2.75, 3.05) is 13.7 Å². The fourth-order valence-corrected chi connectivity index (χ4v) is 2.34. The molecule has 1 aromatic rings. The summed E-state index contributed by atoms with van der Waals surface area (Å²) in [5.74, 6) is 0.924. The van der Waals surface area contributed by atoms with Crippen molar-refractivity contribution in [1.29, 1.82) is 0 Å². The van der Waals surface area contributed by atoms with Crippen LogP contribution in [-0.4, -0.2) is 29.8 Å². The highest BCUT2D eigenvalue weighted by Gasteiger charge is 2.05. The third kappa shape index (κ3) is 7.88. The normalized spacial score (nSPS) is 12.0. The maximum atomic E-state index is 11.8. The highest BCUT2D eigenvalue weighted by atomic mass is 16.5. The summed E-state index contributed by atoms with van der Waals surface area (Å²) in [6.07, 6.45) is 5.72. The van der Waals surface area contributed by atoms with E-state index in [0.29, 0.717) is 24.6 Å². The number of rotatable bonds is 11. The van der Waals surface area contributed by atoms with Gasteiger partial charge in [-0.15, -0.1) is 0 Å². The lowest BCUT2D eigenvalue weighted by molar-refractivity contribution is -0.121. The molecule has 23 heavy (non-hydrogen) atoms. The van der Waals surface area contributed by atoms with Gasteiger partial charge in [0.1, 0.15) is 0 Å². The van der Waals surface area contributed by atoms with Crippen LogP contribution >= 0.6 is 0 Å². The van der Waals surface area contributed by atoms with Gasteiger partial charge in [0.15, 0.2) is 11.5 Å². The third-order valence-corrected chi connectivity index (χ3v) is 3.90. The molecule has 5 nitrogen and oxygen atoms in total. The molecule has 0 spiro atoms. The number of nitrogens with one attached hydrogen (secondary N) is 1. The smallest absolute Gasteiger partial charge is 0.220 e. The van der Waals surface area contributed by atoms with Gasteiger partial charge in [0.2, 0.25) is 5.91 Å².